The third-order valence-electron chi connectivity index (χ3n) is 5.02. The maximum atomic E-state index is 12.4. The molecular formula is C25H29N2O2+. The molecule has 29 heavy (non-hydrogen) atoms. The number of hydrogen-bond acceptors (Lipinski definition) is 2. The summed E-state index contributed by atoms with van der Waals surface area (Å²) in [5.74, 6) is 0.611. The maximum Gasteiger partial charge on any atom is 0.258 e. The lowest BCUT2D eigenvalue weighted by atomic mass is 10.0. The van der Waals surface area contributed by atoms with Crippen molar-refractivity contribution in [1.82, 2.24) is 5.32 Å². The summed E-state index contributed by atoms with van der Waals surface area (Å²) in [6, 6.07) is 28.5. The normalized spacial score (nSPS) is 11.8. The minimum atomic E-state index is -0.104. The molecular weight excluding hydrogens is 360 g/mol. The van der Waals surface area contributed by atoms with Gasteiger partial charge < -0.3 is 15.0 Å². The summed E-state index contributed by atoms with van der Waals surface area (Å²) >= 11 is 0. The average molecular weight is 390 g/mol. The summed E-state index contributed by atoms with van der Waals surface area (Å²) in [5, 5.41) is 3.03. The van der Waals surface area contributed by atoms with Crippen LogP contribution in [0.2, 0.25) is 0 Å². The van der Waals surface area contributed by atoms with E-state index < -0.39 is 0 Å². The fourth-order valence-electron chi connectivity index (χ4n) is 3.26. The van der Waals surface area contributed by atoms with Crippen LogP contribution < -0.4 is 15.0 Å². The highest BCUT2D eigenvalue weighted by Gasteiger charge is 2.17. The first-order valence-electron chi connectivity index (χ1n) is 10.0. The van der Waals surface area contributed by atoms with Crippen LogP contribution in [0.5, 0.6) is 5.75 Å². The van der Waals surface area contributed by atoms with Crippen LogP contribution in [-0.4, -0.2) is 39.2 Å². The van der Waals surface area contributed by atoms with Crippen LogP contribution >= 0.6 is 0 Å². The van der Waals surface area contributed by atoms with E-state index in [2.05, 4.69) is 31.5 Å². The summed E-state index contributed by atoms with van der Waals surface area (Å²) in [6.07, 6.45) is 0.918. The minimum absolute atomic E-state index is 0.00463. The summed E-state index contributed by atoms with van der Waals surface area (Å²) in [6.45, 7) is 0.615. The Morgan fingerprint density at radius 1 is 0.897 bits per heavy atom. The third-order valence-corrected chi connectivity index (χ3v) is 5.02. The Labute approximate surface area is 173 Å². The Bertz CT molecular complexity index is 895. The molecule has 0 aliphatic heterocycles. The van der Waals surface area contributed by atoms with Crippen molar-refractivity contribution in [3.63, 3.8) is 0 Å². The molecule has 0 aliphatic carbocycles. The van der Waals surface area contributed by atoms with Gasteiger partial charge in [0.1, 0.15) is 11.8 Å². The van der Waals surface area contributed by atoms with E-state index in [0.717, 1.165) is 17.5 Å². The summed E-state index contributed by atoms with van der Waals surface area (Å²) < 4.78 is 5.85. The number of hydrogen-bond donors (Lipinski definition) is 2. The smallest absolute Gasteiger partial charge is 0.258 e. The highest BCUT2D eigenvalue weighted by molar-refractivity contribution is 5.78. The molecule has 0 fully saturated rings. The first kappa shape index (κ1) is 20.6. The number of carbonyl (C=O) groups excluding carboxylic acids is 1. The molecule has 0 heterocycles. The van der Waals surface area contributed by atoms with Crippen molar-refractivity contribution in [3.05, 3.63) is 90.5 Å². The lowest BCUT2D eigenvalue weighted by Crippen LogP contribution is -3.11. The summed E-state index contributed by atoms with van der Waals surface area (Å²) in [5.41, 5.74) is 3.34. The number of ether oxygens (including phenoxy) is 1. The van der Waals surface area contributed by atoms with Gasteiger partial charge in [0.2, 0.25) is 0 Å². The topological polar surface area (TPSA) is 42.8 Å². The number of amides is 1. The number of rotatable bonds is 9. The predicted octanol–water partition coefficient (Wildman–Crippen LogP) is 2.60. The lowest BCUT2D eigenvalue weighted by Gasteiger charge is -2.22. The van der Waals surface area contributed by atoms with Crippen LogP contribution in [0.1, 0.15) is 5.56 Å². The van der Waals surface area contributed by atoms with E-state index in [9.17, 15) is 4.79 Å². The predicted molar refractivity (Wildman–Crippen MR) is 117 cm³/mol. The number of benzene rings is 3. The van der Waals surface area contributed by atoms with Crippen LogP contribution in [0, 0.1) is 0 Å². The molecule has 2 N–H and O–H groups in total. The van der Waals surface area contributed by atoms with Gasteiger partial charge in [0.05, 0.1) is 20.6 Å². The SMILES string of the molecule is C[NH+](C)[C@H](CNC(=O)COc1ccccc1-c1ccccc1)Cc1ccccc1. The molecule has 3 aromatic carbocycles. The molecule has 3 rings (SSSR count). The van der Waals surface area contributed by atoms with E-state index in [4.69, 9.17) is 4.74 Å². The van der Waals surface area contributed by atoms with E-state index >= 15 is 0 Å². The zero-order valence-electron chi connectivity index (χ0n) is 17.1. The maximum absolute atomic E-state index is 12.4. The number of para-hydroxylation sites is 1. The van der Waals surface area contributed by atoms with Crippen molar-refractivity contribution in [2.75, 3.05) is 27.2 Å². The summed E-state index contributed by atoms with van der Waals surface area (Å²) in [7, 11) is 4.23. The highest BCUT2D eigenvalue weighted by atomic mass is 16.5. The number of quaternary nitrogens is 1. The Kier molecular flexibility index (Phi) is 7.42. The van der Waals surface area contributed by atoms with Crippen LogP contribution in [0.25, 0.3) is 11.1 Å². The van der Waals surface area contributed by atoms with Gasteiger partial charge in [0.15, 0.2) is 6.61 Å². The average Bonchev–Trinajstić information content (AvgIpc) is 2.76. The first-order chi connectivity index (χ1) is 14.1. The van der Waals surface area contributed by atoms with Crippen molar-refractivity contribution in [2.45, 2.75) is 12.5 Å². The molecule has 1 amide bonds. The largest absolute Gasteiger partial charge is 0.483 e. The Morgan fingerprint density at radius 3 is 2.21 bits per heavy atom. The molecule has 4 nitrogen and oxygen atoms in total. The summed E-state index contributed by atoms with van der Waals surface area (Å²) in [4.78, 5) is 13.7. The van der Waals surface area contributed by atoms with Gasteiger partial charge in [-0.25, -0.2) is 0 Å². The molecule has 150 valence electrons. The Hall–Kier alpha value is -3.11. The number of carbonyl (C=O) groups is 1. The van der Waals surface area contributed by atoms with Crippen molar-refractivity contribution in [3.8, 4) is 16.9 Å². The van der Waals surface area contributed by atoms with Gasteiger partial charge in [-0.05, 0) is 17.2 Å². The molecule has 0 radical (unpaired) electrons. The Balaban J connectivity index is 1.55. The van der Waals surface area contributed by atoms with Gasteiger partial charge in [-0.2, -0.15) is 0 Å². The van der Waals surface area contributed by atoms with Crippen LogP contribution in [0.3, 0.4) is 0 Å². The fraction of sp³-hybridized carbons (Fsp3) is 0.240. The van der Waals surface area contributed by atoms with Gasteiger partial charge >= 0.3 is 0 Å². The molecule has 0 saturated heterocycles. The molecule has 0 bridgehead atoms. The van der Waals surface area contributed by atoms with Crippen LogP contribution in [-0.2, 0) is 11.2 Å². The minimum Gasteiger partial charge on any atom is -0.483 e. The van der Waals surface area contributed by atoms with E-state index in [1.54, 1.807) is 0 Å². The number of likely N-dealkylation sites (N-methyl/N-ethyl adjacent to an activating group) is 1. The molecule has 4 heteroatoms. The van der Waals surface area contributed by atoms with Gasteiger partial charge in [0, 0.05) is 12.0 Å². The highest BCUT2D eigenvalue weighted by Crippen LogP contribution is 2.29. The van der Waals surface area contributed by atoms with Gasteiger partial charge in [0.25, 0.3) is 5.91 Å². The molecule has 0 aromatic heterocycles. The van der Waals surface area contributed by atoms with Crippen molar-refractivity contribution < 1.29 is 14.4 Å². The van der Waals surface area contributed by atoms with Gasteiger partial charge in [-0.1, -0.05) is 78.9 Å². The third kappa shape index (κ3) is 6.19. The standard InChI is InChI=1S/C25H28N2O2/c1-27(2)22(17-20-11-5-3-6-12-20)18-26-25(28)19-29-24-16-10-9-15-23(24)21-13-7-4-8-14-21/h3-16,22H,17-19H2,1-2H3,(H,26,28)/p+1/t22-/m0/s1. The van der Waals surface area contributed by atoms with E-state index in [1.165, 1.54) is 10.5 Å². The second-order valence-corrected chi connectivity index (χ2v) is 7.42. The number of nitrogens with one attached hydrogen (secondary N) is 2. The van der Waals surface area contributed by atoms with E-state index in [-0.39, 0.29) is 12.5 Å². The molecule has 0 saturated carbocycles. The fourth-order valence-corrected chi connectivity index (χ4v) is 3.26. The van der Waals surface area contributed by atoms with Crippen LogP contribution in [0.15, 0.2) is 84.9 Å². The van der Waals surface area contributed by atoms with E-state index in [1.807, 2.05) is 72.8 Å². The second kappa shape index (κ2) is 10.4. The zero-order chi connectivity index (χ0) is 20.5. The quantitative estimate of drug-likeness (QED) is 0.591. The van der Waals surface area contributed by atoms with Gasteiger partial charge in [-0.15, -0.1) is 0 Å². The molecule has 3 aromatic rings. The van der Waals surface area contributed by atoms with Gasteiger partial charge in [-0.3, -0.25) is 4.79 Å². The van der Waals surface area contributed by atoms with E-state index in [0.29, 0.717) is 18.3 Å². The van der Waals surface area contributed by atoms with Crippen molar-refractivity contribution >= 4 is 5.91 Å². The second-order valence-electron chi connectivity index (χ2n) is 7.42. The molecule has 0 unspecified atom stereocenters. The zero-order valence-corrected chi connectivity index (χ0v) is 17.1. The Morgan fingerprint density at radius 2 is 1.52 bits per heavy atom. The monoisotopic (exact) mass is 389 g/mol. The molecule has 1 atom stereocenters. The lowest BCUT2D eigenvalue weighted by molar-refractivity contribution is -0.884. The van der Waals surface area contributed by atoms with Crippen molar-refractivity contribution in [1.29, 1.82) is 0 Å². The molecule has 0 spiro atoms. The first-order valence-corrected chi connectivity index (χ1v) is 10.0. The van der Waals surface area contributed by atoms with Crippen molar-refractivity contribution in [2.24, 2.45) is 0 Å². The molecule has 0 aliphatic rings. The van der Waals surface area contributed by atoms with Crippen LogP contribution in [0.4, 0.5) is 0 Å².